The Labute approximate surface area is 588 Å². The van der Waals surface area contributed by atoms with Crippen LogP contribution in [0.5, 0.6) is 0 Å². The van der Waals surface area contributed by atoms with Crippen molar-refractivity contribution >= 4 is 39.5 Å². The Morgan fingerprint density at radius 1 is 0.292 bits per heavy atom. The van der Waals surface area contributed by atoms with Crippen LogP contribution >= 0.6 is 15.6 Å². The molecular formula is C77H150O17P2. The second kappa shape index (κ2) is 70.1. The zero-order valence-electron chi connectivity index (χ0n) is 62.5. The molecule has 0 saturated heterocycles. The van der Waals surface area contributed by atoms with E-state index in [1.165, 1.54) is 218 Å². The van der Waals surface area contributed by atoms with Gasteiger partial charge in [-0.25, -0.2) is 9.13 Å². The largest absolute Gasteiger partial charge is 0.472 e. The Morgan fingerprint density at radius 3 is 0.740 bits per heavy atom. The molecule has 3 unspecified atom stereocenters. The molecule has 570 valence electrons. The predicted molar refractivity (Wildman–Crippen MR) is 391 cm³/mol. The molecule has 0 aliphatic carbocycles. The van der Waals surface area contributed by atoms with Crippen molar-refractivity contribution in [1.29, 1.82) is 0 Å². The SMILES string of the molecule is CCCCCCCCCCCCCCCCCCCCCCCCC(=O)O[C@H](COC(=O)CCCCCCCCCCCCC(C)CC)COP(=O)(O)OC[C@@H](O)COP(=O)(O)OC[C@@H](COC(=O)CCCCCCCCC)OC(=O)CCCCCCCCCCCCCCC. The van der Waals surface area contributed by atoms with Gasteiger partial charge in [0, 0.05) is 25.7 Å². The first-order chi connectivity index (χ1) is 46.6. The zero-order valence-corrected chi connectivity index (χ0v) is 64.3. The molecule has 0 aromatic heterocycles. The molecule has 0 aromatic carbocycles. The lowest BCUT2D eigenvalue weighted by Crippen LogP contribution is -2.30. The molecule has 0 aliphatic heterocycles. The van der Waals surface area contributed by atoms with Gasteiger partial charge >= 0.3 is 39.5 Å². The summed E-state index contributed by atoms with van der Waals surface area (Å²) >= 11 is 0. The number of unbranched alkanes of at least 4 members (excludes halogenated alkanes) is 48. The van der Waals surface area contributed by atoms with Crippen LogP contribution in [0, 0.1) is 5.92 Å². The Balaban J connectivity index is 5.15. The molecule has 0 aliphatic rings. The smallest absolute Gasteiger partial charge is 0.462 e. The Morgan fingerprint density at radius 2 is 0.500 bits per heavy atom. The lowest BCUT2D eigenvalue weighted by molar-refractivity contribution is -0.161. The van der Waals surface area contributed by atoms with Gasteiger partial charge in [-0.2, -0.15) is 0 Å². The molecule has 0 heterocycles. The fraction of sp³-hybridized carbons (Fsp3) is 0.948. The number of aliphatic hydroxyl groups excluding tert-OH is 1. The number of carbonyl (C=O) groups excluding carboxylic acids is 4. The molecule has 0 saturated carbocycles. The third-order valence-corrected chi connectivity index (χ3v) is 20.3. The minimum Gasteiger partial charge on any atom is -0.462 e. The summed E-state index contributed by atoms with van der Waals surface area (Å²) < 4.78 is 68.4. The fourth-order valence-electron chi connectivity index (χ4n) is 11.8. The second-order valence-electron chi connectivity index (χ2n) is 28.0. The third kappa shape index (κ3) is 69.2. The summed E-state index contributed by atoms with van der Waals surface area (Å²) in [5.74, 6) is -1.31. The molecule has 0 radical (unpaired) electrons. The average molecular weight is 1410 g/mol. The highest BCUT2D eigenvalue weighted by Crippen LogP contribution is 2.45. The topological polar surface area (TPSA) is 237 Å². The van der Waals surface area contributed by atoms with Crippen molar-refractivity contribution in [2.45, 2.75) is 425 Å². The number of phosphoric ester groups is 2. The van der Waals surface area contributed by atoms with Gasteiger partial charge in [0.1, 0.15) is 19.3 Å². The summed E-state index contributed by atoms with van der Waals surface area (Å²) in [7, 11) is -9.90. The number of carbonyl (C=O) groups is 4. The molecular weight excluding hydrogens is 1260 g/mol. The van der Waals surface area contributed by atoms with Gasteiger partial charge in [-0.05, 0) is 31.6 Å². The Bertz CT molecular complexity index is 1840. The number of esters is 4. The van der Waals surface area contributed by atoms with Crippen LogP contribution in [0.4, 0.5) is 0 Å². The number of hydrogen-bond donors (Lipinski definition) is 3. The Kier molecular flexibility index (Phi) is 68.7. The fourth-order valence-corrected chi connectivity index (χ4v) is 13.4. The van der Waals surface area contributed by atoms with Crippen LogP contribution in [-0.2, 0) is 65.4 Å². The van der Waals surface area contributed by atoms with Crippen LogP contribution in [0.3, 0.4) is 0 Å². The number of phosphoric acid groups is 2. The van der Waals surface area contributed by atoms with E-state index in [9.17, 15) is 43.2 Å². The number of aliphatic hydroxyl groups is 1. The van der Waals surface area contributed by atoms with Crippen molar-refractivity contribution in [2.24, 2.45) is 5.92 Å². The van der Waals surface area contributed by atoms with E-state index in [0.29, 0.717) is 25.7 Å². The lowest BCUT2D eigenvalue weighted by Gasteiger charge is -2.21. The van der Waals surface area contributed by atoms with Gasteiger partial charge in [-0.1, -0.05) is 356 Å². The maximum Gasteiger partial charge on any atom is 0.472 e. The first kappa shape index (κ1) is 94.1. The summed E-state index contributed by atoms with van der Waals surface area (Å²) in [6.07, 6.45) is 59.8. The standard InChI is InChI=1S/C77H150O17P2/c1-6-10-13-16-19-21-23-25-26-27-28-29-30-31-32-33-35-37-43-48-53-58-63-77(82)94-73(67-88-75(80)61-56-51-46-41-39-38-40-45-49-54-59-70(5)9-4)69-92-96(85,86)90-65-71(78)64-89-95(83,84)91-68-72(66-87-74(79)60-55-50-44-18-15-12-8-3)93-76(81)62-57-52-47-42-36-34-24-22-20-17-14-11-7-2/h70-73,78H,6-69H2,1-5H3,(H,83,84)(H,85,86)/t70?,71-,72+,73+/m0/s1. The van der Waals surface area contributed by atoms with Crippen molar-refractivity contribution in [2.75, 3.05) is 39.6 Å². The van der Waals surface area contributed by atoms with Gasteiger partial charge in [0.15, 0.2) is 12.2 Å². The molecule has 0 rings (SSSR count). The van der Waals surface area contributed by atoms with E-state index >= 15 is 0 Å². The van der Waals surface area contributed by atoms with Crippen molar-refractivity contribution < 1.29 is 80.2 Å². The highest BCUT2D eigenvalue weighted by molar-refractivity contribution is 7.47. The summed E-state index contributed by atoms with van der Waals surface area (Å²) in [4.78, 5) is 72.7. The average Bonchev–Trinajstić information content (AvgIpc) is 1.31. The van der Waals surface area contributed by atoms with E-state index in [1.54, 1.807) is 0 Å². The van der Waals surface area contributed by atoms with Gasteiger partial charge in [0.2, 0.25) is 0 Å². The van der Waals surface area contributed by atoms with E-state index in [-0.39, 0.29) is 25.7 Å². The molecule has 0 aromatic rings. The molecule has 19 heteroatoms. The van der Waals surface area contributed by atoms with Gasteiger partial charge in [0.05, 0.1) is 26.4 Å². The molecule has 0 bridgehead atoms. The van der Waals surface area contributed by atoms with Gasteiger partial charge in [-0.15, -0.1) is 0 Å². The summed E-state index contributed by atoms with van der Waals surface area (Å²) in [6, 6.07) is 0. The normalized spacial score (nSPS) is 14.2. The summed E-state index contributed by atoms with van der Waals surface area (Å²) in [5, 5.41) is 10.6. The van der Waals surface area contributed by atoms with E-state index in [2.05, 4.69) is 34.6 Å². The zero-order chi connectivity index (χ0) is 70.5. The van der Waals surface area contributed by atoms with Crippen LogP contribution in [0.1, 0.15) is 407 Å². The molecule has 0 amide bonds. The number of rotatable bonds is 77. The summed E-state index contributed by atoms with van der Waals surface area (Å²) in [6.45, 7) is 7.28. The molecule has 17 nitrogen and oxygen atoms in total. The highest BCUT2D eigenvalue weighted by Gasteiger charge is 2.30. The van der Waals surface area contributed by atoms with Crippen molar-refractivity contribution in [1.82, 2.24) is 0 Å². The first-order valence-corrected chi connectivity index (χ1v) is 43.2. The van der Waals surface area contributed by atoms with Gasteiger partial charge in [0.25, 0.3) is 0 Å². The van der Waals surface area contributed by atoms with E-state index in [0.717, 1.165) is 109 Å². The van der Waals surface area contributed by atoms with Gasteiger partial charge < -0.3 is 33.8 Å². The van der Waals surface area contributed by atoms with Crippen molar-refractivity contribution in [3.8, 4) is 0 Å². The van der Waals surface area contributed by atoms with Crippen LogP contribution in [0.25, 0.3) is 0 Å². The summed E-state index contributed by atoms with van der Waals surface area (Å²) in [5.41, 5.74) is 0. The predicted octanol–water partition coefficient (Wildman–Crippen LogP) is 22.9. The van der Waals surface area contributed by atoms with E-state index in [1.807, 2.05) is 0 Å². The lowest BCUT2D eigenvalue weighted by atomic mass is 9.99. The van der Waals surface area contributed by atoms with E-state index in [4.69, 9.17) is 37.0 Å². The molecule has 6 atom stereocenters. The minimum atomic E-state index is -4.96. The van der Waals surface area contributed by atoms with Crippen LogP contribution in [0.2, 0.25) is 0 Å². The molecule has 96 heavy (non-hydrogen) atoms. The van der Waals surface area contributed by atoms with Crippen LogP contribution in [0.15, 0.2) is 0 Å². The van der Waals surface area contributed by atoms with Crippen LogP contribution < -0.4 is 0 Å². The first-order valence-electron chi connectivity index (χ1n) is 40.2. The van der Waals surface area contributed by atoms with Crippen LogP contribution in [-0.4, -0.2) is 96.7 Å². The number of hydrogen-bond acceptors (Lipinski definition) is 15. The van der Waals surface area contributed by atoms with Crippen molar-refractivity contribution in [3.05, 3.63) is 0 Å². The molecule has 0 fully saturated rings. The maximum absolute atomic E-state index is 13.1. The minimum absolute atomic E-state index is 0.108. The Hall–Kier alpha value is -1.94. The second-order valence-corrected chi connectivity index (χ2v) is 30.9. The quantitative estimate of drug-likeness (QED) is 0.0222. The van der Waals surface area contributed by atoms with Gasteiger partial charge in [-0.3, -0.25) is 37.3 Å². The maximum atomic E-state index is 13.1. The van der Waals surface area contributed by atoms with Crippen molar-refractivity contribution in [3.63, 3.8) is 0 Å². The molecule has 3 N–H and O–H groups in total. The third-order valence-electron chi connectivity index (χ3n) is 18.4. The van der Waals surface area contributed by atoms with E-state index < -0.39 is 97.5 Å². The highest BCUT2D eigenvalue weighted by atomic mass is 31.2. The monoisotopic (exact) mass is 1410 g/mol. The number of ether oxygens (including phenoxy) is 4. The molecule has 0 spiro atoms.